The molecule has 1 heterocycles. The summed E-state index contributed by atoms with van der Waals surface area (Å²) in [7, 11) is -2.75. The molecule has 0 N–H and O–H groups in total. The Morgan fingerprint density at radius 1 is 1.25 bits per heavy atom. The molecule has 110 valence electrons. The molecular formula is C16H22O3S. The third-order valence-electron chi connectivity index (χ3n) is 3.81. The molecule has 4 heteroatoms. The minimum absolute atomic E-state index is 0.344. The summed E-state index contributed by atoms with van der Waals surface area (Å²) in [4.78, 5) is 0. The van der Waals surface area contributed by atoms with E-state index in [0.29, 0.717) is 24.0 Å². The van der Waals surface area contributed by atoms with Crippen molar-refractivity contribution >= 4 is 15.4 Å². The fraction of sp³-hybridized carbons (Fsp3) is 0.500. The lowest BCUT2D eigenvalue weighted by atomic mass is 10.00. The summed E-state index contributed by atoms with van der Waals surface area (Å²) >= 11 is 0. The minimum atomic E-state index is -2.75. The standard InChI is InChI=1S/C16H22O3S/c1-14(16-5-3-2-4-6-16)13-19-10-7-15-8-11-20(17,18)12-9-15/h2-6,13,15H,7-12H2,1H3/b14-13-. The van der Waals surface area contributed by atoms with Crippen LogP contribution in [0, 0.1) is 5.92 Å². The van der Waals surface area contributed by atoms with E-state index in [-0.39, 0.29) is 0 Å². The lowest BCUT2D eigenvalue weighted by molar-refractivity contribution is 0.218. The van der Waals surface area contributed by atoms with Crippen LogP contribution in [0.2, 0.25) is 0 Å². The van der Waals surface area contributed by atoms with Crippen molar-refractivity contribution in [2.45, 2.75) is 26.2 Å². The van der Waals surface area contributed by atoms with Crippen LogP contribution in [0.3, 0.4) is 0 Å². The van der Waals surface area contributed by atoms with Crippen molar-refractivity contribution in [3.05, 3.63) is 42.2 Å². The molecule has 3 nitrogen and oxygen atoms in total. The Morgan fingerprint density at radius 3 is 2.55 bits per heavy atom. The number of benzene rings is 1. The molecule has 0 amide bonds. The van der Waals surface area contributed by atoms with Crippen molar-refractivity contribution in [2.75, 3.05) is 18.1 Å². The molecule has 1 saturated heterocycles. The highest BCUT2D eigenvalue weighted by molar-refractivity contribution is 7.91. The van der Waals surface area contributed by atoms with Crippen molar-refractivity contribution in [1.29, 1.82) is 0 Å². The smallest absolute Gasteiger partial charge is 0.150 e. The molecule has 0 aromatic heterocycles. The fourth-order valence-electron chi connectivity index (χ4n) is 2.42. The van der Waals surface area contributed by atoms with Gasteiger partial charge in [0, 0.05) is 0 Å². The van der Waals surface area contributed by atoms with Crippen LogP contribution in [0.1, 0.15) is 31.7 Å². The first-order valence-electron chi connectivity index (χ1n) is 7.11. The summed E-state index contributed by atoms with van der Waals surface area (Å²) in [6.45, 7) is 2.69. The topological polar surface area (TPSA) is 43.4 Å². The van der Waals surface area contributed by atoms with Crippen molar-refractivity contribution in [1.82, 2.24) is 0 Å². The molecule has 1 aromatic rings. The molecule has 0 unspecified atom stereocenters. The van der Waals surface area contributed by atoms with E-state index in [4.69, 9.17) is 4.74 Å². The van der Waals surface area contributed by atoms with Crippen LogP contribution < -0.4 is 0 Å². The Labute approximate surface area is 121 Å². The zero-order chi connectivity index (χ0) is 14.4. The Hall–Kier alpha value is -1.29. The van der Waals surface area contributed by atoms with Crippen LogP contribution >= 0.6 is 0 Å². The van der Waals surface area contributed by atoms with E-state index in [0.717, 1.165) is 30.4 Å². The van der Waals surface area contributed by atoms with Crippen LogP contribution in [-0.2, 0) is 14.6 Å². The van der Waals surface area contributed by atoms with Crippen molar-refractivity contribution in [2.24, 2.45) is 5.92 Å². The second-order valence-electron chi connectivity index (χ2n) is 5.42. The molecule has 0 radical (unpaired) electrons. The largest absolute Gasteiger partial charge is 0.501 e. The third kappa shape index (κ3) is 4.67. The Balaban J connectivity index is 1.72. The second-order valence-corrected chi connectivity index (χ2v) is 7.73. The van der Waals surface area contributed by atoms with Crippen molar-refractivity contribution in [3.8, 4) is 0 Å². The van der Waals surface area contributed by atoms with E-state index in [1.54, 1.807) is 6.26 Å². The first-order chi connectivity index (χ1) is 9.57. The second kappa shape index (κ2) is 6.93. The summed E-state index contributed by atoms with van der Waals surface area (Å²) in [5, 5.41) is 0. The summed E-state index contributed by atoms with van der Waals surface area (Å²) in [5.41, 5.74) is 2.27. The van der Waals surface area contributed by atoms with Crippen LogP contribution in [-0.4, -0.2) is 26.5 Å². The molecule has 0 spiro atoms. The number of hydrogen-bond acceptors (Lipinski definition) is 3. The molecule has 1 aliphatic rings. The first-order valence-corrected chi connectivity index (χ1v) is 8.93. The number of ether oxygens (including phenoxy) is 1. The van der Waals surface area contributed by atoms with Gasteiger partial charge in [0.25, 0.3) is 0 Å². The zero-order valence-corrected chi connectivity index (χ0v) is 12.7. The molecule has 1 fully saturated rings. The third-order valence-corrected chi connectivity index (χ3v) is 5.52. The van der Waals surface area contributed by atoms with Gasteiger partial charge in [0.05, 0.1) is 24.4 Å². The monoisotopic (exact) mass is 294 g/mol. The van der Waals surface area contributed by atoms with Gasteiger partial charge in [0.1, 0.15) is 9.84 Å². The van der Waals surface area contributed by atoms with Gasteiger partial charge in [-0.05, 0) is 43.2 Å². The molecule has 1 aliphatic heterocycles. The van der Waals surface area contributed by atoms with Gasteiger partial charge >= 0.3 is 0 Å². The van der Waals surface area contributed by atoms with E-state index in [1.165, 1.54) is 0 Å². The van der Waals surface area contributed by atoms with Crippen LogP contribution in [0.15, 0.2) is 36.6 Å². The highest BCUT2D eigenvalue weighted by atomic mass is 32.2. The lowest BCUT2D eigenvalue weighted by Gasteiger charge is -2.21. The van der Waals surface area contributed by atoms with Crippen LogP contribution in [0.25, 0.3) is 5.57 Å². The summed E-state index contributed by atoms with van der Waals surface area (Å²) in [6.07, 6.45) is 4.31. The number of sulfone groups is 1. The predicted octanol–water partition coefficient (Wildman–Crippen LogP) is 3.28. The maximum atomic E-state index is 11.3. The van der Waals surface area contributed by atoms with E-state index in [9.17, 15) is 8.42 Å². The minimum Gasteiger partial charge on any atom is -0.501 e. The highest BCUT2D eigenvalue weighted by Crippen LogP contribution is 2.22. The number of rotatable bonds is 5. The average molecular weight is 294 g/mol. The molecular weight excluding hydrogens is 272 g/mol. The Morgan fingerprint density at radius 2 is 1.90 bits per heavy atom. The quantitative estimate of drug-likeness (QED) is 0.618. The molecule has 0 atom stereocenters. The van der Waals surface area contributed by atoms with Crippen molar-refractivity contribution < 1.29 is 13.2 Å². The van der Waals surface area contributed by atoms with Gasteiger partial charge in [-0.3, -0.25) is 0 Å². The zero-order valence-electron chi connectivity index (χ0n) is 11.9. The average Bonchev–Trinajstić information content (AvgIpc) is 2.46. The fourth-order valence-corrected chi connectivity index (χ4v) is 4.00. The van der Waals surface area contributed by atoms with Gasteiger partial charge < -0.3 is 4.74 Å². The number of allylic oxidation sites excluding steroid dienone is 1. The molecule has 0 aliphatic carbocycles. The molecule has 0 saturated carbocycles. The normalized spacial score (nSPS) is 19.8. The van der Waals surface area contributed by atoms with Gasteiger partial charge in [0.15, 0.2) is 0 Å². The molecule has 2 rings (SSSR count). The van der Waals surface area contributed by atoms with E-state index >= 15 is 0 Å². The van der Waals surface area contributed by atoms with Gasteiger partial charge in [-0.2, -0.15) is 0 Å². The SMILES string of the molecule is C/C(=C/OCCC1CCS(=O)(=O)CC1)c1ccccc1. The lowest BCUT2D eigenvalue weighted by Crippen LogP contribution is -2.23. The number of hydrogen-bond donors (Lipinski definition) is 0. The Kier molecular flexibility index (Phi) is 5.24. The maximum Gasteiger partial charge on any atom is 0.150 e. The molecule has 0 bridgehead atoms. The highest BCUT2D eigenvalue weighted by Gasteiger charge is 2.23. The van der Waals surface area contributed by atoms with Gasteiger partial charge in [0.2, 0.25) is 0 Å². The summed E-state index contributed by atoms with van der Waals surface area (Å²) < 4.78 is 28.3. The van der Waals surface area contributed by atoms with Crippen LogP contribution in [0.5, 0.6) is 0 Å². The molecule has 20 heavy (non-hydrogen) atoms. The summed E-state index contributed by atoms with van der Waals surface area (Å²) in [6, 6.07) is 10.1. The predicted molar refractivity (Wildman–Crippen MR) is 82.0 cm³/mol. The summed E-state index contributed by atoms with van der Waals surface area (Å²) in [5.74, 6) is 1.18. The van der Waals surface area contributed by atoms with E-state index in [1.807, 2.05) is 25.1 Å². The maximum absolute atomic E-state index is 11.3. The van der Waals surface area contributed by atoms with E-state index < -0.39 is 9.84 Å². The van der Waals surface area contributed by atoms with Crippen molar-refractivity contribution in [3.63, 3.8) is 0 Å². The van der Waals surface area contributed by atoms with Gasteiger partial charge in [-0.15, -0.1) is 0 Å². The Bertz CT molecular complexity index is 532. The van der Waals surface area contributed by atoms with Crippen LogP contribution in [0.4, 0.5) is 0 Å². The molecule has 1 aromatic carbocycles. The first kappa shape index (κ1) is 15.1. The van der Waals surface area contributed by atoms with Gasteiger partial charge in [-0.1, -0.05) is 30.3 Å². The van der Waals surface area contributed by atoms with Gasteiger partial charge in [-0.25, -0.2) is 8.42 Å². The van der Waals surface area contributed by atoms with E-state index in [2.05, 4.69) is 12.1 Å².